The van der Waals surface area contributed by atoms with Crippen molar-refractivity contribution >= 4 is 33.3 Å². The number of quaternary nitrogens is 1. The Morgan fingerprint density at radius 2 is 1.82 bits per heavy atom. The zero-order chi connectivity index (χ0) is 19.3. The molecule has 0 spiro atoms. The Hall–Kier alpha value is -2.89. The molecule has 0 fully saturated rings. The second kappa shape index (κ2) is 6.62. The summed E-state index contributed by atoms with van der Waals surface area (Å²) >= 11 is 6.18. The van der Waals surface area contributed by atoms with Crippen molar-refractivity contribution in [1.29, 1.82) is 0 Å². The summed E-state index contributed by atoms with van der Waals surface area (Å²) in [7, 11) is 0. The van der Waals surface area contributed by atoms with E-state index in [9.17, 15) is 9.18 Å². The molecule has 4 aromatic rings. The van der Waals surface area contributed by atoms with E-state index in [-0.39, 0.29) is 11.4 Å². The second-order valence-corrected chi connectivity index (χ2v) is 7.35. The molecule has 1 aromatic heterocycles. The van der Waals surface area contributed by atoms with Gasteiger partial charge in [-0.3, -0.25) is 4.90 Å². The molecule has 28 heavy (non-hydrogen) atoms. The molecule has 1 aliphatic rings. The van der Waals surface area contributed by atoms with Crippen LogP contribution in [-0.4, -0.2) is 6.73 Å². The van der Waals surface area contributed by atoms with Gasteiger partial charge in [-0.2, -0.15) is 0 Å². The number of halogens is 2. The molecule has 2 heterocycles. The van der Waals surface area contributed by atoms with Crippen molar-refractivity contribution in [3.05, 3.63) is 87.0 Å². The molecule has 140 valence electrons. The van der Waals surface area contributed by atoms with E-state index in [0.29, 0.717) is 47.1 Å². The smallest absolute Gasteiger partial charge is 0.344 e. The van der Waals surface area contributed by atoms with E-state index >= 15 is 0 Å². The van der Waals surface area contributed by atoms with Crippen LogP contribution in [0, 0.1) is 5.82 Å². The second-order valence-electron chi connectivity index (χ2n) is 6.95. The van der Waals surface area contributed by atoms with Gasteiger partial charge in [0.25, 0.3) is 0 Å². The molecule has 0 amide bonds. The summed E-state index contributed by atoms with van der Waals surface area (Å²) in [5, 5.41) is 2.66. The van der Waals surface area contributed by atoms with Gasteiger partial charge in [-0.05, 0) is 35.7 Å². The summed E-state index contributed by atoms with van der Waals surface area (Å²) in [6.07, 6.45) is 0. The Kier molecular flexibility index (Phi) is 4.07. The maximum Gasteiger partial charge on any atom is 0.344 e. The Bertz CT molecular complexity index is 1260. The molecule has 1 N–H and O–H groups in total. The average molecular weight is 397 g/mol. The molecule has 1 aliphatic heterocycles. The van der Waals surface area contributed by atoms with E-state index in [2.05, 4.69) is 0 Å². The van der Waals surface area contributed by atoms with Crippen molar-refractivity contribution in [3.63, 3.8) is 0 Å². The lowest BCUT2D eigenvalue weighted by atomic mass is 10.0. The van der Waals surface area contributed by atoms with Crippen LogP contribution >= 0.6 is 11.6 Å². The lowest BCUT2D eigenvalue weighted by Gasteiger charge is -2.27. The van der Waals surface area contributed by atoms with E-state index in [1.165, 1.54) is 6.07 Å². The standard InChI is InChI=1S/C22H15ClFNO3/c23-18-6-3-7-19(24)16(18)10-25-11-17-20(27-12-25)9-8-14-13-4-1-2-5-15(13)22(26)28-21(14)17/h1-9H,10-12H2/p+1. The number of rotatable bonds is 2. The molecule has 0 radical (unpaired) electrons. The van der Waals surface area contributed by atoms with Crippen LogP contribution in [0.1, 0.15) is 11.1 Å². The minimum absolute atomic E-state index is 0.332. The molecule has 0 saturated heterocycles. The van der Waals surface area contributed by atoms with Gasteiger partial charge in [0, 0.05) is 5.39 Å². The average Bonchev–Trinajstić information content (AvgIpc) is 2.71. The highest BCUT2D eigenvalue weighted by Crippen LogP contribution is 2.32. The monoisotopic (exact) mass is 396 g/mol. The Morgan fingerprint density at radius 3 is 2.64 bits per heavy atom. The summed E-state index contributed by atoms with van der Waals surface area (Å²) < 4.78 is 25.7. The summed E-state index contributed by atoms with van der Waals surface area (Å²) in [4.78, 5) is 13.4. The van der Waals surface area contributed by atoms with E-state index < -0.39 is 0 Å². The predicted octanol–water partition coefficient (Wildman–Crippen LogP) is 3.67. The van der Waals surface area contributed by atoms with Gasteiger partial charge < -0.3 is 9.15 Å². The maximum atomic E-state index is 14.2. The number of ether oxygens (including phenoxy) is 1. The van der Waals surface area contributed by atoms with Crippen LogP contribution in [0.15, 0.2) is 63.8 Å². The molecule has 3 aromatic carbocycles. The third kappa shape index (κ3) is 2.75. The highest BCUT2D eigenvalue weighted by Gasteiger charge is 2.26. The number of hydrogen-bond acceptors (Lipinski definition) is 3. The molecule has 0 aliphatic carbocycles. The molecule has 1 unspecified atom stereocenters. The molecular formula is C22H16ClFNO3+. The van der Waals surface area contributed by atoms with Crippen molar-refractivity contribution in [2.45, 2.75) is 13.1 Å². The molecular weight excluding hydrogens is 381 g/mol. The predicted molar refractivity (Wildman–Crippen MR) is 105 cm³/mol. The SMILES string of the molecule is O=c1oc2c3c(ccc2c2ccccc12)OC[NH+](Cc1c(F)cccc1Cl)C3. The maximum absolute atomic E-state index is 14.2. The van der Waals surface area contributed by atoms with Crippen molar-refractivity contribution in [3.8, 4) is 5.75 Å². The first-order chi connectivity index (χ1) is 13.6. The first-order valence-corrected chi connectivity index (χ1v) is 9.36. The Morgan fingerprint density at radius 1 is 1.00 bits per heavy atom. The van der Waals surface area contributed by atoms with Gasteiger partial charge in [0.15, 0.2) is 5.58 Å². The fourth-order valence-corrected chi connectivity index (χ4v) is 4.06. The number of nitrogens with one attached hydrogen (secondary N) is 1. The topological polar surface area (TPSA) is 43.9 Å². The lowest BCUT2D eigenvalue weighted by molar-refractivity contribution is -0.945. The largest absolute Gasteiger partial charge is 0.445 e. The van der Waals surface area contributed by atoms with Crippen molar-refractivity contribution < 1.29 is 18.4 Å². The van der Waals surface area contributed by atoms with Gasteiger partial charge >= 0.3 is 5.63 Å². The molecule has 1 atom stereocenters. The third-order valence-corrected chi connectivity index (χ3v) is 5.55. The first-order valence-electron chi connectivity index (χ1n) is 8.98. The number of fused-ring (bicyclic) bond motifs is 5. The number of benzene rings is 3. The highest BCUT2D eigenvalue weighted by atomic mass is 35.5. The van der Waals surface area contributed by atoms with Crippen molar-refractivity contribution in [2.75, 3.05) is 6.73 Å². The van der Waals surface area contributed by atoms with Crippen LogP contribution < -0.4 is 15.3 Å². The minimum atomic E-state index is -0.374. The minimum Gasteiger partial charge on any atom is -0.445 e. The molecule has 4 nitrogen and oxygen atoms in total. The Labute approximate surface area is 164 Å². The van der Waals surface area contributed by atoms with Crippen LogP contribution in [0.2, 0.25) is 5.02 Å². The van der Waals surface area contributed by atoms with Crippen LogP contribution in [0.4, 0.5) is 4.39 Å². The van der Waals surface area contributed by atoms with E-state index in [1.54, 1.807) is 18.2 Å². The van der Waals surface area contributed by atoms with Gasteiger partial charge in [0.05, 0.1) is 21.5 Å². The number of hydrogen-bond donors (Lipinski definition) is 1. The van der Waals surface area contributed by atoms with E-state index in [1.807, 2.05) is 30.3 Å². The Balaban J connectivity index is 1.60. The summed E-state index contributed by atoms with van der Waals surface area (Å²) in [5.41, 5.74) is 1.42. The third-order valence-electron chi connectivity index (χ3n) is 5.20. The van der Waals surface area contributed by atoms with Crippen LogP contribution in [0.3, 0.4) is 0 Å². The van der Waals surface area contributed by atoms with E-state index in [4.69, 9.17) is 20.8 Å². The van der Waals surface area contributed by atoms with Crippen LogP contribution in [0.25, 0.3) is 21.7 Å². The fraction of sp³-hybridized carbons (Fsp3) is 0.136. The van der Waals surface area contributed by atoms with Crippen LogP contribution in [0.5, 0.6) is 5.75 Å². The lowest BCUT2D eigenvalue weighted by Crippen LogP contribution is -3.11. The molecule has 0 saturated carbocycles. The first kappa shape index (κ1) is 17.2. The fourth-order valence-electron chi connectivity index (χ4n) is 3.83. The van der Waals surface area contributed by atoms with Crippen molar-refractivity contribution in [2.24, 2.45) is 0 Å². The van der Waals surface area contributed by atoms with Crippen molar-refractivity contribution in [1.82, 2.24) is 0 Å². The zero-order valence-corrected chi connectivity index (χ0v) is 15.6. The summed E-state index contributed by atoms with van der Waals surface area (Å²) in [5.74, 6) is 0.357. The normalized spacial score (nSPS) is 16.1. The van der Waals surface area contributed by atoms with Gasteiger partial charge in [0.1, 0.15) is 24.7 Å². The molecule has 6 heteroatoms. The van der Waals surface area contributed by atoms with Gasteiger partial charge in [0.2, 0.25) is 6.73 Å². The quantitative estimate of drug-likeness (QED) is 0.415. The van der Waals surface area contributed by atoms with Gasteiger partial charge in [-0.15, -0.1) is 0 Å². The van der Waals surface area contributed by atoms with E-state index in [0.717, 1.165) is 21.2 Å². The molecule has 0 bridgehead atoms. The van der Waals surface area contributed by atoms with Crippen LogP contribution in [-0.2, 0) is 13.1 Å². The van der Waals surface area contributed by atoms with Gasteiger partial charge in [-0.25, -0.2) is 9.18 Å². The highest BCUT2D eigenvalue weighted by molar-refractivity contribution is 6.31. The summed E-state index contributed by atoms with van der Waals surface area (Å²) in [6.45, 7) is 1.29. The molecule has 5 rings (SSSR count). The summed E-state index contributed by atoms with van der Waals surface area (Å²) in [6, 6.07) is 15.9. The van der Waals surface area contributed by atoms with Gasteiger partial charge in [-0.1, -0.05) is 35.9 Å². The zero-order valence-electron chi connectivity index (χ0n) is 14.8.